The number of carboxylic acids is 1. The maximum absolute atomic E-state index is 10.6. The van der Waals surface area contributed by atoms with Crippen LogP contribution in [0.2, 0.25) is 0 Å². The number of hydrogen-bond donors (Lipinski definition) is 2. The van der Waals surface area contributed by atoms with Gasteiger partial charge in [-0.05, 0) is 38.1 Å². The van der Waals surface area contributed by atoms with E-state index in [1.807, 2.05) is 12.3 Å². The van der Waals surface area contributed by atoms with Crippen molar-refractivity contribution in [1.82, 2.24) is 10.3 Å². The number of nitrogens with zero attached hydrogens (tertiary/aromatic N) is 1. The fourth-order valence-corrected chi connectivity index (χ4v) is 1.74. The van der Waals surface area contributed by atoms with Crippen LogP contribution in [0.25, 0.3) is 0 Å². The molecule has 1 saturated heterocycles. The molecule has 1 fully saturated rings. The van der Waals surface area contributed by atoms with Gasteiger partial charge in [-0.25, -0.2) is 4.79 Å². The molecule has 1 aliphatic heterocycles. The van der Waals surface area contributed by atoms with Gasteiger partial charge in [0.1, 0.15) is 0 Å². The number of halogens is 3. The third-order valence-electron chi connectivity index (χ3n) is 2.69. The summed E-state index contributed by atoms with van der Waals surface area (Å²) in [5, 5.41) is 10.5. The first-order chi connectivity index (χ1) is 8.91. The molecule has 0 aliphatic carbocycles. The summed E-state index contributed by atoms with van der Waals surface area (Å²) < 4.78 is 31.7. The van der Waals surface area contributed by atoms with Crippen LogP contribution in [-0.2, 0) is 4.79 Å². The molecule has 1 aliphatic rings. The van der Waals surface area contributed by atoms with Crippen LogP contribution in [0.15, 0.2) is 24.4 Å². The molecule has 0 spiro atoms. The maximum Gasteiger partial charge on any atom is 0.490 e. The quantitative estimate of drug-likeness (QED) is 0.825. The summed E-state index contributed by atoms with van der Waals surface area (Å²) in [5.41, 5.74) is 1.26. The number of alkyl halides is 3. The fourth-order valence-electron chi connectivity index (χ4n) is 1.74. The number of pyridine rings is 1. The minimum atomic E-state index is -5.08. The Balaban J connectivity index is 0.000000224. The maximum atomic E-state index is 10.6. The summed E-state index contributed by atoms with van der Waals surface area (Å²) in [6, 6.07) is 6.19. The summed E-state index contributed by atoms with van der Waals surface area (Å²) in [4.78, 5) is 13.3. The van der Waals surface area contributed by atoms with Gasteiger partial charge in [-0.1, -0.05) is 6.07 Å². The van der Waals surface area contributed by atoms with Gasteiger partial charge in [0.2, 0.25) is 0 Å². The molecule has 1 aromatic heterocycles. The van der Waals surface area contributed by atoms with E-state index in [4.69, 9.17) is 9.90 Å². The molecule has 0 bridgehead atoms. The van der Waals surface area contributed by atoms with Gasteiger partial charge < -0.3 is 10.4 Å². The highest BCUT2D eigenvalue weighted by Gasteiger charge is 2.38. The Hall–Kier alpha value is -1.63. The Labute approximate surface area is 108 Å². The van der Waals surface area contributed by atoms with Crippen molar-refractivity contribution in [3.05, 3.63) is 30.1 Å². The second-order valence-electron chi connectivity index (χ2n) is 4.08. The Morgan fingerprint density at radius 3 is 2.32 bits per heavy atom. The van der Waals surface area contributed by atoms with E-state index in [1.165, 1.54) is 18.5 Å². The van der Waals surface area contributed by atoms with Crippen LogP contribution in [0.5, 0.6) is 0 Å². The summed E-state index contributed by atoms with van der Waals surface area (Å²) in [7, 11) is 0. The molecule has 2 heterocycles. The smallest absolute Gasteiger partial charge is 0.475 e. The van der Waals surface area contributed by atoms with Crippen LogP contribution >= 0.6 is 0 Å². The fraction of sp³-hybridized carbons (Fsp3) is 0.500. The summed E-state index contributed by atoms with van der Waals surface area (Å²) >= 11 is 0. The molecule has 0 aromatic carbocycles. The highest BCUT2D eigenvalue weighted by atomic mass is 19.4. The minimum Gasteiger partial charge on any atom is -0.475 e. The van der Waals surface area contributed by atoms with E-state index in [0.717, 1.165) is 13.1 Å². The van der Waals surface area contributed by atoms with E-state index in [1.54, 1.807) is 0 Å². The highest BCUT2D eigenvalue weighted by Crippen LogP contribution is 2.22. The van der Waals surface area contributed by atoms with E-state index in [2.05, 4.69) is 22.4 Å². The molecule has 106 valence electrons. The van der Waals surface area contributed by atoms with E-state index >= 15 is 0 Å². The second kappa shape index (κ2) is 7.08. The molecule has 1 aromatic rings. The van der Waals surface area contributed by atoms with Crippen molar-refractivity contribution >= 4 is 5.97 Å². The van der Waals surface area contributed by atoms with Crippen molar-refractivity contribution in [2.24, 2.45) is 0 Å². The van der Waals surface area contributed by atoms with Crippen molar-refractivity contribution in [2.75, 3.05) is 13.1 Å². The molecule has 0 radical (unpaired) electrons. The van der Waals surface area contributed by atoms with Crippen LogP contribution in [0, 0.1) is 0 Å². The van der Waals surface area contributed by atoms with Crippen LogP contribution < -0.4 is 5.32 Å². The first kappa shape index (κ1) is 15.4. The molecule has 0 unspecified atom stereocenters. The van der Waals surface area contributed by atoms with Crippen molar-refractivity contribution in [3.8, 4) is 0 Å². The van der Waals surface area contributed by atoms with Gasteiger partial charge >= 0.3 is 12.1 Å². The zero-order chi connectivity index (χ0) is 14.3. The Morgan fingerprint density at radius 2 is 1.89 bits per heavy atom. The first-order valence-electron chi connectivity index (χ1n) is 5.83. The molecule has 2 rings (SSSR count). The largest absolute Gasteiger partial charge is 0.490 e. The average molecular weight is 276 g/mol. The Kier molecular flexibility index (Phi) is 5.75. The summed E-state index contributed by atoms with van der Waals surface area (Å²) in [6.45, 7) is 2.28. The zero-order valence-corrected chi connectivity index (χ0v) is 10.2. The minimum absolute atomic E-state index is 0.687. The lowest BCUT2D eigenvalue weighted by Crippen LogP contribution is -2.26. The summed E-state index contributed by atoms with van der Waals surface area (Å²) in [5.74, 6) is -2.07. The Morgan fingerprint density at radius 1 is 1.32 bits per heavy atom. The Bertz CT molecular complexity index is 390. The number of aromatic nitrogens is 1. The van der Waals surface area contributed by atoms with Gasteiger partial charge in [0, 0.05) is 17.8 Å². The number of aliphatic carboxylic acids is 1. The standard InChI is InChI=1S/C10H14N2.C2HF3O2/c1-2-6-12-10(3-1)9-4-7-11-8-5-9;3-2(4,5)1(6)7/h1-3,6,9,11H,4-5,7-8H2;(H,6,7). The lowest BCUT2D eigenvalue weighted by Gasteiger charge is -2.21. The van der Waals surface area contributed by atoms with Gasteiger partial charge in [-0.3, -0.25) is 4.98 Å². The molecule has 2 N–H and O–H groups in total. The predicted octanol–water partition coefficient (Wildman–Crippen LogP) is 2.18. The second-order valence-corrected chi connectivity index (χ2v) is 4.08. The average Bonchev–Trinajstić information content (AvgIpc) is 2.40. The van der Waals surface area contributed by atoms with Crippen LogP contribution in [-0.4, -0.2) is 35.3 Å². The van der Waals surface area contributed by atoms with E-state index in [-0.39, 0.29) is 0 Å². The van der Waals surface area contributed by atoms with Crippen molar-refractivity contribution < 1.29 is 23.1 Å². The van der Waals surface area contributed by atoms with Gasteiger partial charge in [0.25, 0.3) is 0 Å². The number of nitrogens with one attached hydrogen (secondary N) is 1. The SMILES string of the molecule is O=C(O)C(F)(F)F.c1ccc(C2CCNCC2)nc1. The normalized spacial score (nSPS) is 16.4. The number of carbonyl (C=O) groups is 1. The highest BCUT2D eigenvalue weighted by molar-refractivity contribution is 5.73. The van der Waals surface area contributed by atoms with Crippen molar-refractivity contribution in [3.63, 3.8) is 0 Å². The van der Waals surface area contributed by atoms with Gasteiger partial charge in [-0.2, -0.15) is 13.2 Å². The molecule has 0 atom stereocenters. The molecule has 4 nitrogen and oxygen atoms in total. The van der Waals surface area contributed by atoms with Crippen LogP contribution in [0.1, 0.15) is 24.5 Å². The van der Waals surface area contributed by atoms with Gasteiger partial charge in [0.05, 0.1) is 0 Å². The van der Waals surface area contributed by atoms with E-state index < -0.39 is 12.1 Å². The topological polar surface area (TPSA) is 62.2 Å². The van der Waals surface area contributed by atoms with Gasteiger partial charge in [0.15, 0.2) is 0 Å². The third-order valence-corrected chi connectivity index (χ3v) is 2.69. The van der Waals surface area contributed by atoms with Crippen LogP contribution in [0.3, 0.4) is 0 Å². The number of carboxylic acid groups (broad SMARTS) is 1. The van der Waals surface area contributed by atoms with E-state index in [0.29, 0.717) is 5.92 Å². The molecule has 19 heavy (non-hydrogen) atoms. The van der Waals surface area contributed by atoms with Crippen molar-refractivity contribution in [2.45, 2.75) is 24.9 Å². The first-order valence-corrected chi connectivity index (χ1v) is 5.83. The third kappa shape index (κ3) is 5.69. The summed E-state index contributed by atoms with van der Waals surface area (Å²) in [6.07, 6.45) is -0.731. The lowest BCUT2D eigenvalue weighted by molar-refractivity contribution is -0.192. The zero-order valence-electron chi connectivity index (χ0n) is 10.2. The molecule has 0 saturated carbocycles. The number of hydrogen-bond acceptors (Lipinski definition) is 3. The molecule has 0 amide bonds. The van der Waals surface area contributed by atoms with E-state index in [9.17, 15) is 13.2 Å². The van der Waals surface area contributed by atoms with Crippen LogP contribution in [0.4, 0.5) is 13.2 Å². The number of piperidine rings is 1. The molecular formula is C12H15F3N2O2. The molecule has 7 heteroatoms. The van der Waals surface area contributed by atoms with Crippen molar-refractivity contribution in [1.29, 1.82) is 0 Å². The predicted molar refractivity (Wildman–Crippen MR) is 62.8 cm³/mol. The lowest BCUT2D eigenvalue weighted by atomic mass is 9.94. The molecular weight excluding hydrogens is 261 g/mol. The van der Waals surface area contributed by atoms with Gasteiger partial charge in [-0.15, -0.1) is 0 Å². The monoisotopic (exact) mass is 276 g/mol. The number of rotatable bonds is 1.